The number of rotatable bonds is 5. The van der Waals surface area contributed by atoms with Crippen LogP contribution in [0, 0.1) is 0 Å². The highest BCUT2D eigenvalue weighted by Gasteiger charge is 2.48. The van der Waals surface area contributed by atoms with Gasteiger partial charge >= 0.3 is 5.97 Å². The molecule has 9 nitrogen and oxygen atoms in total. The summed E-state index contributed by atoms with van der Waals surface area (Å²) in [7, 11) is 0. The SMILES string of the molecule is O=C(O)C1O[C@@H](Oc2cc(O)cc(/C=C/c3ccc(O)cc3)c2)C(O)C(O)[C@@H]1O. The fraction of sp³-hybridized carbons (Fsp3) is 0.250. The van der Waals surface area contributed by atoms with Crippen LogP contribution in [0.3, 0.4) is 0 Å². The van der Waals surface area contributed by atoms with Gasteiger partial charge in [0.25, 0.3) is 0 Å². The largest absolute Gasteiger partial charge is 0.508 e. The van der Waals surface area contributed by atoms with Crippen LogP contribution in [-0.4, -0.2) is 67.3 Å². The molecule has 0 bridgehead atoms. The number of aliphatic hydroxyl groups is 3. The molecule has 0 amide bonds. The van der Waals surface area contributed by atoms with Gasteiger partial charge in [-0.25, -0.2) is 4.79 Å². The molecule has 1 aliphatic rings. The monoisotopic (exact) mass is 404 g/mol. The van der Waals surface area contributed by atoms with Crippen LogP contribution in [0.4, 0.5) is 0 Å². The average molecular weight is 404 g/mol. The quantitative estimate of drug-likeness (QED) is 0.391. The van der Waals surface area contributed by atoms with Gasteiger partial charge in [-0.1, -0.05) is 24.3 Å². The third kappa shape index (κ3) is 4.84. The molecule has 3 rings (SSSR count). The maximum absolute atomic E-state index is 11.2. The van der Waals surface area contributed by atoms with Gasteiger partial charge in [-0.15, -0.1) is 0 Å². The molecular weight excluding hydrogens is 384 g/mol. The van der Waals surface area contributed by atoms with Gasteiger partial charge < -0.3 is 40.1 Å². The van der Waals surface area contributed by atoms with E-state index in [9.17, 15) is 30.3 Å². The number of aliphatic hydroxyl groups excluding tert-OH is 3. The van der Waals surface area contributed by atoms with Crippen LogP contribution < -0.4 is 4.74 Å². The summed E-state index contributed by atoms with van der Waals surface area (Å²) >= 11 is 0. The van der Waals surface area contributed by atoms with Crippen molar-refractivity contribution in [3.8, 4) is 17.2 Å². The minimum atomic E-state index is -1.82. The molecule has 5 atom stereocenters. The van der Waals surface area contributed by atoms with E-state index in [1.165, 1.54) is 30.3 Å². The average Bonchev–Trinajstić information content (AvgIpc) is 2.67. The van der Waals surface area contributed by atoms with Crippen molar-refractivity contribution in [2.24, 2.45) is 0 Å². The van der Waals surface area contributed by atoms with Crippen molar-refractivity contribution in [3.63, 3.8) is 0 Å². The van der Waals surface area contributed by atoms with E-state index in [2.05, 4.69) is 0 Å². The van der Waals surface area contributed by atoms with Crippen LogP contribution in [0.2, 0.25) is 0 Å². The van der Waals surface area contributed by atoms with Gasteiger partial charge in [0, 0.05) is 6.07 Å². The second-order valence-electron chi connectivity index (χ2n) is 6.54. The lowest BCUT2D eigenvalue weighted by Gasteiger charge is -2.38. The number of phenolic OH excluding ortho intramolecular Hbond substituents is 2. The van der Waals surface area contributed by atoms with Gasteiger partial charge in [0.05, 0.1) is 0 Å². The third-order valence-electron chi connectivity index (χ3n) is 4.34. The van der Waals surface area contributed by atoms with E-state index in [4.69, 9.17) is 14.6 Å². The number of carboxylic acids is 1. The number of carbonyl (C=O) groups is 1. The van der Waals surface area contributed by atoms with Crippen molar-refractivity contribution in [1.29, 1.82) is 0 Å². The first-order chi connectivity index (χ1) is 13.7. The minimum absolute atomic E-state index is 0.0483. The standard InChI is InChI=1S/C20H20O9/c21-12-5-3-10(4-6-12)1-2-11-7-13(22)9-14(8-11)28-20-17(25)15(23)16(24)18(29-20)19(26)27/h1-9,15-18,20-25H,(H,26,27)/b2-1+/t15?,16-,17?,18?,20+/m0/s1. The molecule has 0 saturated carbocycles. The second-order valence-corrected chi connectivity index (χ2v) is 6.54. The van der Waals surface area contributed by atoms with Crippen LogP contribution in [-0.2, 0) is 9.53 Å². The van der Waals surface area contributed by atoms with Gasteiger partial charge in [0.15, 0.2) is 6.10 Å². The highest BCUT2D eigenvalue weighted by atomic mass is 16.7. The number of hydrogen-bond acceptors (Lipinski definition) is 8. The topological polar surface area (TPSA) is 157 Å². The molecule has 0 spiro atoms. The predicted octanol–water partition coefficient (Wildman–Crippen LogP) is 0.539. The summed E-state index contributed by atoms with van der Waals surface area (Å²) in [6.07, 6.45) is -5.30. The van der Waals surface area contributed by atoms with E-state index in [0.717, 1.165) is 5.56 Å². The lowest BCUT2D eigenvalue weighted by Crippen LogP contribution is -2.61. The van der Waals surface area contributed by atoms with Gasteiger partial charge in [-0.05, 0) is 35.4 Å². The first-order valence-electron chi connectivity index (χ1n) is 8.65. The molecule has 1 heterocycles. The van der Waals surface area contributed by atoms with Crippen LogP contribution in [0.5, 0.6) is 17.2 Å². The zero-order valence-electron chi connectivity index (χ0n) is 15.0. The van der Waals surface area contributed by atoms with E-state index in [1.807, 2.05) is 0 Å². The molecule has 6 N–H and O–H groups in total. The predicted molar refractivity (Wildman–Crippen MR) is 100 cm³/mol. The first-order valence-corrected chi connectivity index (χ1v) is 8.65. The first kappa shape index (κ1) is 20.6. The van der Waals surface area contributed by atoms with Crippen LogP contribution in [0.15, 0.2) is 42.5 Å². The van der Waals surface area contributed by atoms with Crippen molar-refractivity contribution < 1.29 is 44.9 Å². The number of phenols is 2. The van der Waals surface area contributed by atoms with E-state index in [1.54, 1.807) is 24.3 Å². The molecule has 1 saturated heterocycles. The van der Waals surface area contributed by atoms with Crippen molar-refractivity contribution in [2.45, 2.75) is 30.7 Å². The summed E-state index contributed by atoms with van der Waals surface area (Å²) in [4.78, 5) is 11.2. The Labute approximate surface area is 165 Å². The highest BCUT2D eigenvalue weighted by Crippen LogP contribution is 2.28. The van der Waals surface area contributed by atoms with E-state index in [0.29, 0.717) is 5.56 Å². The third-order valence-corrected chi connectivity index (χ3v) is 4.34. The molecule has 0 aromatic heterocycles. The number of ether oxygens (including phenoxy) is 2. The maximum atomic E-state index is 11.2. The molecule has 1 fully saturated rings. The zero-order valence-corrected chi connectivity index (χ0v) is 15.0. The van der Waals surface area contributed by atoms with Crippen molar-refractivity contribution in [2.75, 3.05) is 0 Å². The summed E-state index contributed by atoms with van der Waals surface area (Å²) in [6, 6.07) is 10.6. The Morgan fingerprint density at radius 1 is 0.862 bits per heavy atom. The highest BCUT2D eigenvalue weighted by molar-refractivity contribution is 5.73. The molecule has 1 aliphatic heterocycles. The van der Waals surface area contributed by atoms with Crippen LogP contribution >= 0.6 is 0 Å². The van der Waals surface area contributed by atoms with Crippen LogP contribution in [0.1, 0.15) is 11.1 Å². The lowest BCUT2D eigenvalue weighted by atomic mass is 9.99. The zero-order chi connectivity index (χ0) is 21.1. The van der Waals surface area contributed by atoms with Crippen molar-refractivity contribution in [3.05, 3.63) is 53.6 Å². The molecule has 29 heavy (non-hydrogen) atoms. The summed E-state index contributed by atoms with van der Waals surface area (Å²) in [5.74, 6) is -1.50. The fourth-order valence-corrected chi connectivity index (χ4v) is 2.83. The lowest BCUT2D eigenvalue weighted by molar-refractivity contribution is -0.271. The van der Waals surface area contributed by atoms with Gasteiger partial charge in [0.1, 0.15) is 35.6 Å². The Hall–Kier alpha value is -3.11. The van der Waals surface area contributed by atoms with E-state index >= 15 is 0 Å². The molecule has 0 radical (unpaired) electrons. The Bertz CT molecular complexity index is 893. The normalized spacial score (nSPS) is 27.1. The fourth-order valence-electron chi connectivity index (χ4n) is 2.83. The number of hydrogen-bond donors (Lipinski definition) is 6. The van der Waals surface area contributed by atoms with Gasteiger partial charge in [-0.3, -0.25) is 0 Å². The summed E-state index contributed by atoms with van der Waals surface area (Å²) in [5, 5.41) is 57.9. The molecule has 3 unspecified atom stereocenters. The van der Waals surface area contributed by atoms with Crippen LogP contribution in [0.25, 0.3) is 12.2 Å². The van der Waals surface area contributed by atoms with Crippen molar-refractivity contribution >= 4 is 18.1 Å². The Morgan fingerprint density at radius 2 is 1.52 bits per heavy atom. The Balaban J connectivity index is 1.78. The second kappa shape index (κ2) is 8.50. The number of benzene rings is 2. The Morgan fingerprint density at radius 3 is 2.17 bits per heavy atom. The molecule has 9 heteroatoms. The maximum Gasteiger partial charge on any atom is 0.335 e. The smallest absolute Gasteiger partial charge is 0.335 e. The summed E-state index contributed by atoms with van der Waals surface area (Å²) < 4.78 is 10.5. The van der Waals surface area contributed by atoms with Gasteiger partial charge in [0.2, 0.25) is 6.29 Å². The van der Waals surface area contributed by atoms with Gasteiger partial charge in [-0.2, -0.15) is 0 Å². The molecule has 2 aromatic rings. The number of aliphatic carboxylic acids is 1. The van der Waals surface area contributed by atoms with E-state index < -0.39 is 36.7 Å². The van der Waals surface area contributed by atoms with E-state index in [-0.39, 0.29) is 17.2 Å². The molecule has 154 valence electrons. The molecule has 2 aromatic carbocycles. The minimum Gasteiger partial charge on any atom is -0.508 e. The van der Waals surface area contributed by atoms with Crippen molar-refractivity contribution in [1.82, 2.24) is 0 Å². The summed E-state index contributed by atoms with van der Waals surface area (Å²) in [5.41, 5.74) is 1.31. The number of aromatic hydroxyl groups is 2. The number of carboxylic acid groups (broad SMARTS) is 1. The molecular formula is C20H20O9. The molecule has 0 aliphatic carbocycles. The Kier molecular flexibility index (Phi) is 6.04. The summed E-state index contributed by atoms with van der Waals surface area (Å²) in [6.45, 7) is 0.